The summed E-state index contributed by atoms with van der Waals surface area (Å²) in [7, 11) is 0. The van der Waals surface area contributed by atoms with Gasteiger partial charge in [0.05, 0.1) is 16.8 Å². The van der Waals surface area contributed by atoms with Crippen molar-refractivity contribution in [2.45, 2.75) is 12.3 Å². The molecule has 1 aliphatic rings. The lowest BCUT2D eigenvalue weighted by Crippen LogP contribution is -2.28. The molecule has 7 aromatic rings. The Morgan fingerprint density at radius 2 is 1.04 bits per heavy atom. The van der Waals surface area contributed by atoms with Crippen molar-refractivity contribution < 1.29 is 0 Å². The van der Waals surface area contributed by atoms with Gasteiger partial charge in [-0.05, 0) is 81.8 Å². The summed E-state index contributed by atoms with van der Waals surface area (Å²) >= 11 is 6.68. The minimum atomic E-state index is -0.539. The summed E-state index contributed by atoms with van der Waals surface area (Å²) in [5, 5.41) is 0.721. The Kier molecular flexibility index (Phi) is 6.66. The summed E-state index contributed by atoms with van der Waals surface area (Å²) in [4.78, 5) is 9.84. The van der Waals surface area contributed by atoms with Gasteiger partial charge in [-0.1, -0.05) is 139 Å². The Labute approximate surface area is 268 Å². The molecule has 0 aliphatic heterocycles. The van der Waals surface area contributed by atoms with Gasteiger partial charge in [0.1, 0.15) is 5.82 Å². The zero-order valence-electron chi connectivity index (χ0n) is 24.8. The molecule has 0 saturated heterocycles. The minimum Gasteiger partial charge on any atom is -0.233 e. The molecule has 0 saturated carbocycles. The summed E-state index contributed by atoms with van der Waals surface area (Å²) in [5.74, 6) is 0.737. The van der Waals surface area contributed by atoms with E-state index in [-0.39, 0.29) is 0 Å². The summed E-state index contributed by atoms with van der Waals surface area (Å²) in [6, 6.07) is 55.8. The van der Waals surface area contributed by atoms with Gasteiger partial charge >= 0.3 is 0 Å². The number of aromatic nitrogens is 2. The molecule has 1 heterocycles. The number of benzene rings is 6. The molecule has 8 rings (SSSR count). The van der Waals surface area contributed by atoms with Gasteiger partial charge in [0.25, 0.3) is 0 Å². The molecule has 45 heavy (non-hydrogen) atoms. The van der Waals surface area contributed by atoms with Gasteiger partial charge < -0.3 is 0 Å². The standard InChI is InChI=1S/C42H29ClN2/c1-28-44-40(31-15-10-14-30(24-31)29-12-4-2-5-13-29)27-41(45-28)32-22-23-37-36-20-8-9-21-38(36)42(39(37)25-32,33-16-6-3-7-17-33)34-18-11-19-35(43)26-34/h2-27H,1H3. The van der Waals surface area contributed by atoms with Crippen molar-refractivity contribution in [2.75, 3.05) is 0 Å². The molecule has 1 unspecified atom stereocenters. The smallest absolute Gasteiger partial charge is 0.126 e. The van der Waals surface area contributed by atoms with Crippen LogP contribution in [0.5, 0.6) is 0 Å². The van der Waals surface area contributed by atoms with Crippen molar-refractivity contribution in [3.05, 3.63) is 191 Å². The SMILES string of the molecule is Cc1nc(-c2cccc(-c3ccccc3)c2)cc(-c2ccc3c(c2)C(c2ccccc2)(c2cccc(Cl)c2)c2ccccc2-3)n1. The van der Waals surface area contributed by atoms with Gasteiger partial charge in [-0.3, -0.25) is 0 Å². The van der Waals surface area contributed by atoms with E-state index in [0.29, 0.717) is 0 Å². The fourth-order valence-corrected chi connectivity index (χ4v) is 7.18. The van der Waals surface area contributed by atoms with E-state index < -0.39 is 5.41 Å². The van der Waals surface area contributed by atoms with Crippen molar-refractivity contribution in [1.82, 2.24) is 9.97 Å². The molecule has 6 aromatic carbocycles. The molecular weight excluding hydrogens is 568 g/mol. The third kappa shape index (κ3) is 4.58. The second-order valence-corrected chi connectivity index (χ2v) is 12.0. The maximum atomic E-state index is 6.68. The van der Waals surface area contributed by atoms with Crippen LogP contribution in [0.25, 0.3) is 44.8 Å². The topological polar surface area (TPSA) is 25.8 Å². The second kappa shape index (κ2) is 11.0. The predicted molar refractivity (Wildman–Crippen MR) is 185 cm³/mol. The zero-order valence-corrected chi connectivity index (χ0v) is 25.5. The van der Waals surface area contributed by atoms with E-state index in [1.165, 1.54) is 33.4 Å². The average Bonchev–Trinajstić information content (AvgIpc) is 3.39. The Hall–Kier alpha value is -5.31. The van der Waals surface area contributed by atoms with Gasteiger partial charge in [0, 0.05) is 16.1 Å². The molecule has 3 heteroatoms. The van der Waals surface area contributed by atoms with E-state index in [1.807, 2.05) is 19.1 Å². The molecule has 1 aliphatic carbocycles. The molecule has 0 radical (unpaired) electrons. The fraction of sp³-hybridized carbons (Fsp3) is 0.0476. The third-order valence-corrected chi connectivity index (χ3v) is 9.14. The monoisotopic (exact) mass is 596 g/mol. The van der Waals surface area contributed by atoms with Crippen LogP contribution >= 0.6 is 11.6 Å². The first-order valence-electron chi connectivity index (χ1n) is 15.2. The molecule has 0 fully saturated rings. The van der Waals surface area contributed by atoms with Crippen molar-refractivity contribution >= 4 is 11.6 Å². The molecule has 214 valence electrons. The number of fused-ring (bicyclic) bond motifs is 3. The second-order valence-electron chi connectivity index (χ2n) is 11.6. The maximum absolute atomic E-state index is 6.68. The van der Waals surface area contributed by atoms with E-state index in [9.17, 15) is 0 Å². The fourth-order valence-electron chi connectivity index (χ4n) is 6.99. The van der Waals surface area contributed by atoms with Crippen LogP contribution in [0.3, 0.4) is 0 Å². The normalized spacial score (nSPS) is 15.0. The Morgan fingerprint density at radius 3 is 1.82 bits per heavy atom. The van der Waals surface area contributed by atoms with Crippen molar-refractivity contribution in [2.24, 2.45) is 0 Å². The lowest BCUT2D eigenvalue weighted by molar-refractivity contribution is 0.768. The van der Waals surface area contributed by atoms with Crippen LogP contribution in [0.15, 0.2) is 158 Å². The minimum absolute atomic E-state index is 0.539. The van der Waals surface area contributed by atoms with Crippen LogP contribution < -0.4 is 0 Å². The Morgan fingerprint density at radius 1 is 0.444 bits per heavy atom. The highest BCUT2D eigenvalue weighted by Gasteiger charge is 2.46. The number of hydrogen-bond donors (Lipinski definition) is 0. The molecule has 2 nitrogen and oxygen atoms in total. The lowest BCUT2D eigenvalue weighted by Gasteiger charge is -2.34. The van der Waals surface area contributed by atoms with E-state index >= 15 is 0 Å². The highest BCUT2D eigenvalue weighted by molar-refractivity contribution is 6.30. The van der Waals surface area contributed by atoms with Gasteiger partial charge in [-0.2, -0.15) is 0 Å². The summed E-state index contributed by atoms with van der Waals surface area (Å²) in [5.41, 5.74) is 13.0. The summed E-state index contributed by atoms with van der Waals surface area (Å²) in [6.07, 6.45) is 0. The zero-order chi connectivity index (χ0) is 30.4. The summed E-state index contributed by atoms with van der Waals surface area (Å²) in [6.45, 7) is 1.97. The Bertz CT molecular complexity index is 2190. The molecule has 1 atom stereocenters. The van der Waals surface area contributed by atoms with Crippen LogP contribution in [0.4, 0.5) is 0 Å². The largest absolute Gasteiger partial charge is 0.233 e. The number of halogens is 1. The van der Waals surface area contributed by atoms with Crippen LogP contribution in [0, 0.1) is 6.92 Å². The van der Waals surface area contributed by atoms with Gasteiger partial charge in [0.2, 0.25) is 0 Å². The molecule has 0 N–H and O–H groups in total. The van der Waals surface area contributed by atoms with Crippen molar-refractivity contribution in [3.8, 4) is 44.8 Å². The third-order valence-electron chi connectivity index (χ3n) is 8.91. The van der Waals surface area contributed by atoms with E-state index in [2.05, 4.69) is 146 Å². The Balaban J connectivity index is 1.33. The molecular formula is C42H29ClN2. The van der Waals surface area contributed by atoms with Gasteiger partial charge in [-0.15, -0.1) is 0 Å². The molecule has 1 aromatic heterocycles. The van der Waals surface area contributed by atoms with E-state index in [4.69, 9.17) is 21.6 Å². The first-order chi connectivity index (χ1) is 22.1. The summed E-state index contributed by atoms with van der Waals surface area (Å²) < 4.78 is 0. The number of aryl methyl sites for hydroxylation is 1. The maximum Gasteiger partial charge on any atom is 0.126 e. The van der Waals surface area contributed by atoms with Crippen molar-refractivity contribution in [3.63, 3.8) is 0 Å². The molecule has 0 amide bonds. The van der Waals surface area contributed by atoms with Crippen LogP contribution in [-0.4, -0.2) is 9.97 Å². The first kappa shape index (κ1) is 27.3. The molecule has 0 spiro atoms. The van der Waals surface area contributed by atoms with E-state index in [1.54, 1.807) is 0 Å². The molecule has 0 bridgehead atoms. The number of hydrogen-bond acceptors (Lipinski definition) is 2. The van der Waals surface area contributed by atoms with Gasteiger partial charge in [0.15, 0.2) is 0 Å². The number of nitrogens with zero attached hydrogens (tertiary/aromatic N) is 2. The first-order valence-corrected chi connectivity index (χ1v) is 15.6. The highest BCUT2D eigenvalue weighted by atomic mass is 35.5. The van der Waals surface area contributed by atoms with Crippen molar-refractivity contribution in [1.29, 1.82) is 0 Å². The lowest BCUT2D eigenvalue weighted by atomic mass is 9.67. The predicted octanol–water partition coefficient (Wildman–Crippen LogP) is 10.8. The van der Waals surface area contributed by atoms with Gasteiger partial charge in [-0.25, -0.2) is 9.97 Å². The quantitative estimate of drug-likeness (QED) is 0.197. The number of rotatable bonds is 5. The van der Waals surface area contributed by atoms with Crippen LogP contribution in [-0.2, 0) is 5.41 Å². The van der Waals surface area contributed by atoms with E-state index in [0.717, 1.165) is 44.5 Å². The average molecular weight is 597 g/mol. The highest BCUT2D eigenvalue weighted by Crippen LogP contribution is 2.56. The van der Waals surface area contributed by atoms with Crippen LogP contribution in [0.1, 0.15) is 28.1 Å². The van der Waals surface area contributed by atoms with Crippen LogP contribution in [0.2, 0.25) is 5.02 Å².